The number of halogens is 1. The molecule has 0 aliphatic carbocycles. The molecule has 0 amide bonds. The minimum atomic E-state index is -0.427. The number of benzene rings is 1. The van der Waals surface area contributed by atoms with Crippen LogP contribution in [0.15, 0.2) is 18.2 Å². The molecule has 0 atom stereocenters. The highest BCUT2D eigenvalue weighted by Gasteiger charge is 2.52. The highest BCUT2D eigenvalue weighted by Crippen LogP contribution is 2.37. The normalized spacial score (nSPS) is 19.5. The van der Waals surface area contributed by atoms with Gasteiger partial charge in [-0.15, -0.1) is 0 Å². The molecule has 0 spiro atoms. The predicted octanol–water partition coefficient (Wildman–Crippen LogP) is 4.21. The zero-order chi connectivity index (χ0) is 16.4. The highest BCUT2D eigenvalue weighted by atomic mass is 35.5. The van der Waals surface area contributed by atoms with Gasteiger partial charge in [0, 0.05) is 10.5 Å². The van der Waals surface area contributed by atoms with Gasteiger partial charge in [-0.3, -0.25) is 0 Å². The summed E-state index contributed by atoms with van der Waals surface area (Å²) in [5, 5.41) is 0.658. The monoisotopic (exact) mass is 324 g/mol. The second kappa shape index (κ2) is 6.82. The maximum Gasteiger partial charge on any atom is 0.498 e. The van der Waals surface area contributed by atoms with Gasteiger partial charge in [0.2, 0.25) is 0 Å². The van der Waals surface area contributed by atoms with Crippen LogP contribution in [0, 0.1) is 0 Å². The van der Waals surface area contributed by atoms with Crippen molar-refractivity contribution in [2.45, 2.75) is 65.1 Å². The lowest BCUT2D eigenvalue weighted by atomic mass is 9.78. The molecule has 1 aromatic rings. The largest absolute Gasteiger partial charge is 0.498 e. The lowest BCUT2D eigenvalue weighted by molar-refractivity contribution is 0.00578. The molecule has 0 bridgehead atoms. The first kappa shape index (κ1) is 17.6. The molecule has 1 saturated heterocycles. The van der Waals surface area contributed by atoms with Gasteiger partial charge in [-0.1, -0.05) is 37.4 Å². The Bertz CT molecular complexity index is 501. The molecule has 1 fully saturated rings. The van der Waals surface area contributed by atoms with Crippen molar-refractivity contribution in [1.29, 1.82) is 0 Å². The lowest BCUT2D eigenvalue weighted by Gasteiger charge is -2.32. The molecule has 1 aliphatic heterocycles. The van der Waals surface area contributed by atoms with Crippen molar-refractivity contribution in [1.82, 2.24) is 0 Å². The van der Waals surface area contributed by atoms with Crippen LogP contribution in [-0.4, -0.2) is 24.9 Å². The van der Waals surface area contributed by atoms with Crippen LogP contribution in [0.4, 0.5) is 0 Å². The van der Waals surface area contributed by atoms with Crippen LogP contribution in [0.3, 0.4) is 0 Å². The van der Waals surface area contributed by atoms with Crippen LogP contribution in [0.5, 0.6) is 5.75 Å². The molecule has 5 heteroatoms. The number of rotatable bonds is 6. The van der Waals surface area contributed by atoms with Crippen LogP contribution in [0.1, 0.15) is 53.9 Å². The number of hydrogen-bond acceptors (Lipinski definition) is 3. The van der Waals surface area contributed by atoms with Gasteiger partial charge in [0.25, 0.3) is 0 Å². The van der Waals surface area contributed by atoms with Crippen LogP contribution < -0.4 is 10.2 Å². The molecule has 0 aromatic heterocycles. The van der Waals surface area contributed by atoms with Gasteiger partial charge in [-0.2, -0.15) is 0 Å². The van der Waals surface area contributed by atoms with Crippen molar-refractivity contribution in [2.24, 2.45) is 0 Å². The van der Waals surface area contributed by atoms with E-state index in [4.69, 9.17) is 25.6 Å². The van der Waals surface area contributed by atoms with E-state index in [2.05, 4.69) is 6.92 Å². The van der Waals surface area contributed by atoms with E-state index < -0.39 is 7.12 Å². The van der Waals surface area contributed by atoms with Crippen LogP contribution in [0.2, 0.25) is 5.02 Å². The molecule has 122 valence electrons. The van der Waals surface area contributed by atoms with E-state index in [-0.39, 0.29) is 11.2 Å². The van der Waals surface area contributed by atoms with E-state index in [0.29, 0.717) is 11.6 Å². The SMILES string of the molecule is CCCCCOc1cc(Cl)ccc1B1OC(C)(C)C(C)(C)O1. The molecule has 0 unspecified atom stereocenters. The predicted molar refractivity (Wildman–Crippen MR) is 92.2 cm³/mol. The van der Waals surface area contributed by atoms with Crippen LogP contribution in [0.25, 0.3) is 0 Å². The fourth-order valence-electron chi connectivity index (χ4n) is 2.33. The average Bonchev–Trinajstić information content (AvgIpc) is 2.63. The van der Waals surface area contributed by atoms with Gasteiger partial charge < -0.3 is 14.0 Å². The summed E-state index contributed by atoms with van der Waals surface area (Å²) in [7, 11) is -0.427. The Morgan fingerprint density at radius 1 is 1.09 bits per heavy atom. The topological polar surface area (TPSA) is 27.7 Å². The smallest absolute Gasteiger partial charge is 0.494 e. The fraction of sp³-hybridized carbons (Fsp3) is 0.647. The van der Waals surface area contributed by atoms with Crippen molar-refractivity contribution < 1.29 is 14.0 Å². The quantitative estimate of drug-likeness (QED) is 0.579. The first-order valence-corrected chi connectivity index (χ1v) is 8.42. The number of unbranched alkanes of at least 4 members (excludes halogenated alkanes) is 2. The highest BCUT2D eigenvalue weighted by molar-refractivity contribution is 6.63. The zero-order valence-corrected chi connectivity index (χ0v) is 15.0. The molecule has 0 N–H and O–H groups in total. The van der Waals surface area contributed by atoms with Crippen molar-refractivity contribution in [2.75, 3.05) is 6.61 Å². The summed E-state index contributed by atoms with van der Waals surface area (Å²) < 4.78 is 18.1. The van der Waals surface area contributed by atoms with Gasteiger partial charge in [0.15, 0.2) is 0 Å². The summed E-state index contributed by atoms with van der Waals surface area (Å²) >= 11 is 6.11. The first-order valence-electron chi connectivity index (χ1n) is 8.05. The maximum absolute atomic E-state index is 6.11. The molecule has 22 heavy (non-hydrogen) atoms. The Kier molecular flexibility index (Phi) is 5.47. The van der Waals surface area contributed by atoms with Crippen molar-refractivity contribution in [3.05, 3.63) is 23.2 Å². The van der Waals surface area contributed by atoms with E-state index in [1.165, 1.54) is 6.42 Å². The molecular formula is C17H26BClO3. The van der Waals surface area contributed by atoms with Gasteiger partial charge in [0.05, 0.1) is 17.8 Å². The molecule has 1 aromatic carbocycles. The van der Waals surface area contributed by atoms with Gasteiger partial charge in [0.1, 0.15) is 5.75 Å². The number of ether oxygens (including phenoxy) is 1. The molecular weight excluding hydrogens is 298 g/mol. The Morgan fingerprint density at radius 2 is 1.73 bits per heavy atom. The van der Waals surface area contributed by atoms with E-state index >= 15 is 0 Å². The Hall–Kier alpha value is -0.705. The molecule has 0 saturated carbocycles. The van der Waals surface area contributed by atoms with Gasteiger partial charge in [-0.05, 0) is 46.2 Å². The zero-order valence-electron chi connectivity index (χ0n) is 14.2. The molecule has 1 aliphatic rings. The molecule has 3 nitrogen and oxygen atoms in total. The second-order valence-corrected chi connectivity index (χ2v) is 7.26. The third-order valence-electron chi connectivity index (χ3n) is 4.49. The third kappa shape index (κ3) is 3.79. The summed E-state index contributed by atoms with van der Waals surface area (Å²) in [6.45, 7) is 11.0. The Labute approximate surface area is 139 Å². The average molecular weight is 325 g/mol. The first-order chi connectivity index (χ1) is 10.3. The van der Waals surface area contributed by atoms with Crippen molar-refractivity contribution >= 4 is 24.2 Å². The van der Waals surface area contributed by atoms with E-state index in [1.54, 1.807) is 0 Å². The molecule has 2 rings (SSSR count). The summed E-state index contributed by atoms with van der Waals surface area (Å²) in [5.74, 6) is 0.752. The van der Waals surface area contributed by atoms with Crippen LogP contribution in [-0.2, 0) is 9.31 Å². The maximum atomic E-state index is 6.11. The van der Waals surface area contributed by atoms with Crippen molar-refractivity contribution in [3.63, 3.8) is 0 Å². The van der Waals surface area contributed by atoms with E-state index in [9.17, 15) is 0 Å². The van der Waals surface area contributed by atoms with Crippen LogP contribution >= 0.6 is 11.6 Å². The minimum absolute atomic E-state index is 0.364. The second-order valence-electron chi connectivity index (χ2n) is 6.83. The minimum Gasteiger partial charge on any atom is -0.494 e. The van der Waals surface area contributed by atoms with E-state index in [1.807, 2.05) is 45.9 Å². The van der Waals surface area contributed by atoms with E-state index in [0.717, 1.165) is 24.1 Å². The Balaban J connectivity index is 2.17. The third-order valence-corrected chi connectivity index (χ3v) is 4.72. The summed E-state index contributed by atoms with van der Waals surface area (Å²) in [4.78, 5) is 0. The Morgan fingerprint density at radius 3 is 2.32 bits per heavy atom. The molecule has 1 heterocycles. The number of hydrogen-bond donors (Lipinski definition) is 0. The fourth-order valence-corrected chi connectivity index (χ4v) is 2.49. The molecule has 0 radical (unpaired) electrons. The van der Waals surface area contributed by atoms with Gasteiger partial charge in [-0.25, -0.2) is 0 Å². The lowest BCUT2D eigenvalue weighted by Crippen LogP contribution is -2.41. The van der Waals surface area contributed by atoms with Gasteiger partial charge >= 0.3 is 7.12 Å². The standard InChI is InChI=1S/C17H26BClO3/c1-6-7-8-11-20-15-12-13(19)9-10-14(15)18-21-16(2,3)17(4,5)22-18/h9-10,12H,6-8,11H2,1-5H3. The van der Waals surface area contributed by atoms with Crippen molar-refractivity contribution in [3.8, 4) is 5.75 Å². The summed E-state index contributed by atoms with van der Waals surface area (Å²) in [6, 6.07) is 5.62. The summed E-state index contributed by atoms with van der Waals surface area (Å²) in [6.07, 6.45) is 3.36. The summed E-state index contributed by atoms with van der Waals surface area (Å²) in [5.41, 5.74) is 0.174.